The van der Waals surface area contributed by atoms with Gasteiger partial charge in [-0.3, -0.25) is 29.0 Å². The lowest BCUT2D eigenvalue weighted by Gasteiger charge is -2.29. The van der Waals surface area contributed by atoms with Crippen LogP contribution in [0.1, 0.15) is 44.1 Å². The molecule has 1 saturated heterocycles. The number of carbonyl (C=O) groups is 5. The van der Waals surface area contributed by atoms with Crippen LogP contribution >= 0.6 is 0 Å². The summed E-state index contributed by atoms with van der Waals surface area (Å²) in [6, 6.07) is 2.51. The minimum absolute atomic E-state index is 0.0704. The van der Waals surface area contributed by atoms with Gasteiger partial charge in [0.25, 0.3) is 0 Å². The number of hydrogen-bond acceptors (Lipinski definition) is 7. The predicted octanol–water partition coefficient (Wildman–Crippen LogP) is -0.826. The molecule has 0 saturated carbocycles. The average Bonchev–Trinajstić information content (AvgIpc) is 3.69. The molecule has 12 N–H and O–H groups in total. The number of para-hydroxylation sites is 1. The normalized spacial score (nSPS) is 16.7. The summed E-state index contributed by atoms with van der Waals surface area (Å²) in [7, 11) is 0. The maximum atomic E-state index is 14.0. The second-order valence-electron chi connectivity index (χ2n) is 11.4. The molecule has 5 amide bonds. The molecule has 1 aliphatic heterocycles. The molecule has 1 aromatic heterocycles. The van der Waals surface area contributed by atoms with Crippen molar-refractivity contribution >= 4 is 46.4 Å². The Hall–Kier alpha value is -5.18. The number of aromatic amines is 1. The number of amides is 5. The van der Waals surface area contributed by atoms with Gasteiger partial charge in [0.05, 0.1) is 6.04 Å². The van der Waals surface area contributed by atoms with Gasteiger partial charge in [-0.05, 0) is 50.2 Å². The first-order valence-corrected chi connectivity index (χ1v) is 15.5. The molecule has 2 aromatic rings. The van der Waals surface area contributed by atoms with E-state index < -0.39 is 53.8 Å². The van der Waals surface area contributed by atoms with Crippen molar-refractivity contribution in [2.75, 3.05) is 13.1 Å². The molecule has 3 rings (SSSR count). The number of primary amides is 1. The number of H-pyrrole nitrogens is 1. The molecule has 15 heteroatoms. The Morgan fingerprint density at radius 2 is 1.66 bits per heavy atom. The quantitative estimate of drug-likeness (QED) is 0.0436. The SMILES string of the molecule is C=CC[C@H](NC(=O)[C@H](CCCN=C(N)N)NC(=O)[C@H](Cc1c[nH]c2ccccc12)NC(=O)[C@@H]1CCCN1C(=O)[C@@H](N)CC=C)C(N)=O. The largest absolute Gasteiger partial charge is 0.370 e. The fourth-order valence-corrected chi connectivity index (χ4v) is 5.52. The summed E-state index contributed by atoms with van der Waals surface area (Å²) in [5.41, 5.74) is 23.9. The van der Waals surface area contributed by atoms with Gasteiger partial charge in [0, 0.05) is 36.6 Å². The van der Waals surface area contributed by atoms with Crippen molar-refractivity contribution < 1.29 is 24.0 Å². The van der Waals surface area contributed by atoms with E-state index in [0.29, 0.717) is 25.8 Å². The number of nitrogens with zero attached hydrogens (tertiary/aromatic N) is 2. The third-order valence-corrected chi connectivity index (χ3v) is 7.95. The van der Waals surface area contributed by atoms with Crippen LogP contribution in [0.15, 0.2) is 60.8 Å². The molecule has 5 atom stereocenters. The Labute approximate surface area is 273 Å². The number of fused-ring (bicyclic) bond motifs is 1. The predicted molar refractivity (Wildman–Crippen MR) is 179 cm³/mol. The van der Waals surface area contributed by atoms with Crippen molar-refractivity contribution in [3.63, 3.8) is 0 Å². The topological polar surface area (TPSA) is 257 Å². The van der Waals surface area contributed by atoms with Crippen molar-refractivity contribution in [3.05, 3.63) is 61.3 Å². The molecular weight excluding hydrogens is 604 g/mol. The van der Waals surface area contributed by atoms with Gasteiger partial charge in [0.2, 0.25) is 29.5 Å². The summed E-state index contributed by atoms with van der Waals surface area (Å²) in [5, 5.41) is 8.99. The highest BCUT2D eigenvalue weighted by Gasteiger charge is 2.38. The van der Waals surface area contributed by atoms with Gasteiger partial charge in [0.15, 0.2) is 5.96 Å². The second kappa shape index (κ2) is 17.5. The highest BCUT2D eigenvalue weighted by atomic mass is 16.2. The first-order valence-electron chi connectivity index (χ1n) is 15.5. The molecule has 0 radical (unpaired) electrons. The van der Waals surface area contributed by atoms with Gasteiger partial charge < -0.3 is 48.8 Å². The fraction of sp³-hybridized carbons (Fsp3) is 0.438. The number of aromatic nitrogens is 1. The summed E-state index contributed by atoms with van der Waals surface area (Å²) in [4.78, 5) is 74.5. The molecule has 47 heavy (non-hydrogen) atoms. The third-order valence-electron chi connectivity index (χ3n) is 7.95. The van der Waals surface area contributed by atoms with E-state index in [1.807, 2.05) is 24.3 Å². The monoisotopic (exact) mass is 650 g/mol. The smallest absolute Gasteiger partial charge is 0.243 e. The molecule has 2 heterocycles. The molecule has 1 aliphatic rings. The van der Waals surface area contributed by atoms with E-state index in [9.17, 15) is 24.0 Å². The maximum Gasteiger partial charge on any atom is 0.243 e. The molecule has 0 bridgehead atoms. The molecular formula is C32H46N10O5. The van der Waals surface area contributed by atoms with Crippen LogP contribution in [-0.2, 0) is 30.4 Å². The van der Waals surface area contributed by atoms with Crippen LogP contribution in [0.25, 0.3) is 10.9 Å². The van der Waals surface area contributed by atoms with Crippen molar-refractivity contribution in [3.8, 4) is 0 Å². The lowest BCUT2D eigenvalue weighted by molar-refractivity contribution is -0.140. The van der Waals surface area contributed by atoms with Crippen molar-refractivity contribution in [1.29, 1.82) is 0 Å². The zero-order chi connectivity index (χ0) is 34.5. The zero-order valence-corrected chi connectivity index (χ0v) is 26.5. The number of guanidine groups is 1. The average molecular weight is 651 g/mol. The van der Waals surface area contributed by atoms with E-state index in [0.717, 1.165) is 16.5 Å². The van der Waals surface area contributed by atoms with Crippen LogP contribution in [0.4, 0.5) is 0 Å². The Kier molecular flexibility index (Phi) is 13.5. The van der Waals surface area contributed by atoms with Crippen LogP contribution in [0, 0.1) is 0 Å². The van der Waals surface area contributed by atoms with E-state index in [1.54, 1.807) is 12.3 Å². The van der Waals surface area contributed by atoms with Crippen molar-refractivity contribution in [1.82, 2.24) is 25.8 Å². The number of rotatable bonds is 18. The van der Waals surface area contributed by atoms with E-state index in [2.05, 4.69) is 39.1 Å². The number of nitrogens with one attached hydrogen (secondary N) is 4. The summed E-state index contributed by atoms with van der Waals surface area (Å²) in [6.07, 6.45) is 6.55. The molecule has 0 unspecified atom stereocenters. The Bertz CT molecular complexity index is 1480. The van der Waals surface area contributed by atoms with E-state index >= 15 is 0 Å². The minimum atomic E-state index is -1.14. The van der Waals surface area contributed by atoms with Crippen LogP contribution in [0.3, 0.4) is 0 Å². The number of likely N-dealkylation sites (tertiary alicyclic amines) is 1. The van der Waals surface area contributed by atoms with E-state index in [4.69, 9.17) is 22.9 Å². The molecule has 15 nitrogen and oxygen atoms in total. The second-order valence-corrected chi connectivity index (χ2v) is 11.4. The van der Waals surface area contributed by atoms with Gasteiger partial charge in [-0.25, -0.2) is 0 Å². The van der Waals surface area contributed by atoms with Gasteiger partial charge in [0.1, 0.15) is 24.2 Å². The van der Waals surface area contributed by atoms with Gasteiger partial charge >= 0.3 is 0 Å². The molecule has 0 aliphatic carbocycles. The number of nitrogens with two attached hydrogens (primary N) is 4. The lowest BCUT2D eigenvalue weighted by atomic mass is 10.0. The van der Waals surface area contributed by atoms with E-state index in [-0.39, 0.29) is 44.1 Å². The number of benzene rings is 1. The zero-order valence-electron chi connectivity index (χ0n) is 26.5. The minimum Gasteiger partial charge on any atom is -0.370 e. The first kappa shape index (κ1) is 36.3. The van der Waals surface area contributed by atoms with Gasteiger partial charge in [-0.2, -0.15) is 0 Å². The van der Waals surface area contributed by atoms with Crippen molar-refractivity contribution in [2.24, 2.45) is 27.9 Å². The van der Waals surface area contributed by atoms with Crippen LogP contribution in [0.5, 0.6) is 0 Å². The summed E-state index contributed by atoms with van der Waals surface area (Å²) in [6.45, 7) is 7.76. The van der Waals surface area contributed by atoms with Crippen LogP contribution < -0.4 is 38.9 Å². The number of aliphatic imine (C=N–C) groups is 1. The molecule has 0 spiro atoms. The number of hydrogen-bond donors (Lipinski definition) is 8. The van der Waals surface area contributed by atoms with Crippen LogP contribution in [-0.4, -0.2) is 88.7 Å². The summed E-state index contributed by atoms with van der Waals surface area (Å²) < 4.78 is 0. The molecule has 254 valence electrons. The Balaban J connectivity index is 1.88. The first-order chi connectivity index (χ1) is 22.5. The van der Waals surface area contributed by atoms with Gasteiger partial charge in [-0.15, -0.1) is 13.2 Å². The number of carbonyl (C=O) groups excluding carboxylic acids is 5. The maximum absolute atomic E-state index is 14.0. The van der Waals surface area contributed by atoms with E-state index in [1.165, 1.54) is 11.0 Å². The standard InChI is InChI=1S/C32H46N10O5/c1-3-9-21(33)31(47)42-16-8-14-26(42)30(46)41-25(17-19-18-38-22-12-6-5-11-20(19)22)29(45)40-24(13-7-15-37-32(35)36)28(44)39-23(10-4-2)27(34)43/h3-6,11-12,18,21,23-26,38H,1-2,7-10,13-17,33H2,(H2,34,43)(H,39,44)(H,40,45)(H,41,46)(H4,35,36,37)/t21-,23-,24-,25-,26-/m0/s1. The summed E-state index contributed by atoms with van der Waals surface area (Å²) in [5.74, 6) is -3.09. The molecule has 1 aromatic carbocycles. The third kappa shape index (κ3) is 10.2. The molecule has 1 fully saturated rings. The highest BCUT2D eigenvalue weighted by Crippen LogP contribution is 2.22. The van der Waals surface area contributed by atoms with Crippen molar-refractivity contribution in [2.45, 2.75) is 75.2 Å². The fourth-order valence-electron chi connectivity index (χ4n) is 5.52. The van der Waals surface area contributed by atoms with Crippen LogP contribution in [0.2, 0.25) is 0 Å². The Morgan fingerprint density at radius 1 is 0.979 bits per heavy atom. The highest BCUT2D eigenvalue weighted by molar-refractivity contribution is 5.96. The summed E-state index contributed by atoms with van der Waals surface area (Å²) >= 11 is 0. The Morgan fingerprint density at radius 3 is 2.34 bits per heavy atom. The van der Waals surface area contributed by atoms with Gasteiger partial charge in [-0.1, -0.05) is 30.4 Å². The lowest BCUT2D eigenvalue weighted by Crippen LogP contribution is -2.58.